The van der Waals surface area contributed by atoms with E-state index in [2.05, 4.69) is 248 Å². The molecule has 0 saturated carbocycles. The van der Waals surface area contributed by atoms with Gasteiger partial charge in [-0.05, 0) is 161 Å². The summed E-state index contributed by atoms with van der Waals surface area (Å²) in [7, 11) is 0. The molecule has 0 radical (unpaired) electrons. The third kappa shape index (κ3) is 5.40. The second-order valence-electron chi connectivity index (χ2n) is 24.0. The van der Waals surface area contributed by atoms with Crippen LogP contribution in [0.3, 0.4) is 0 Å². The predicted octanol–water partition coefficient (Wildman–Crippen LogP) is 19.8. The molecule has 0 unspecified atom stereocenters. The number of benzene rings is 10. The van der Waals surface area contributed by atoms with E-state index >= 15 is 0 Å². The van der Waals surface area contributed by atoms with E-state index in [1.54, 1.807) is 0 Å². The van der Waals surface area contributed by atoms with E-state index in [1.165, 1.54) is 122 Å². The predicted molar refractivity (Wildman–Crippen MR) is 311 cm³/mol. The molecule has 4 aliphatic rings. The quantitative estimate of drug-likeness (QED) is 0.176. The van der Waals surface area contributed by atoms with Gasteiger partial charge >= 0.3 is 0 Å². The van der Waals surface area contributed by atoms with Gasteiger partial charge in [-0.25, -0.2) is 0 Å². The average Bonchev–Trinajstić information content (AvgIpc) is 4.24. The van der Waals surface area contributed by atoms with Crippen molar-refractivity contribution in [1.29, 1.82) is 0 Å². The molecule has 0 spiro atoms. The van der Waals surface area contributed by atoms with Crippen molar-refractivity contribution in [3.63, 3.8) is 0 Å². The SMILES string of the molecule is CC1(C)c2cc(N(c3ccc(-c4ccccc4)cc3)c3ccc4c(c3)C(C)(C)c3c5c(c6oc7ccccc7c6c3-4)-c3ccccc3C5(C)C)ccc2-c2cc3c(cc21)-c1c(ccc2oc4ccccc4c12)C3(C)C. The Morgan fingerprint density at radius 1 is 0.307 bits per heavy atom. The smallest absolute Gasteiger partial charge is 0.144 e. The highest BCUT2D eigenvalue weighted by atomic mass is 16.3. The van der Waals surface area contributed by atoms with Crippen molar-refractivity contribution in [3.05, 3.63) is 233 Å². The molecule has 2 heterocycles. The molecule has 0 aliphatic heterocycles. The molecule has 12 aromatic rings. The average molecular weight is 966 g/mol. The largest absolute Gasteiger partial charge is 0.456 e. The zero-order valence-corrected chi connectivity index (χ0v) is 43.7. The van der Waals surface area contributed by atoms with E-state index in [9.17, 15) is 0 Å². The Hall–Kier alpha value is -8.40. The van der Waals surface area contributed by atoms with Crippen LogP contribution in [0.4, 0.5) is 17.1 Å². The lowest BCUT2D eigenvalue weighted by molar-refractivity contribution is 0.600. The number of hydrogen-bond donors (Lipinski definition) is 0. The molecule has 4 aliphatic carbocycles. The minimum atomic E-state index is -0.331. The molecular formula is C72H55NO2. The van der Waals surface area contributed by atoms with Crippen molar-refractivity contribution in [1.82, 2.24) is 0 Å². The zero-order chi connectivity index (χ0) is 50.7. The Bertz CT molecular complexity index is 4520. The number of fused-ring (bicyclic) bond motifs is 22. The van der Waals surface area contributed by atoms with Crippen LogP contribution in [-0.2, 0) is 21.7 Å². The highest BCUT2D eigenvalue weighted by Gasteiger charge is 2.49. The molecule has 360 valence electrons. The Labute approximate surface area is 437 Å². The van der Waals surface area contributed by atoms with Gasteiger partial charge in [0.2, 0.25) is 0 Å². The van der Waals surface area contributed by atoms with Crippen molar-refractivity contribution in [2.75, 3.05) is 4.90 Å². The normalized spacial score (nSPS) is 16.2. The summed E-state index contributed by atoms with van der Waals surface area (Å²) >= 11 is 0. The van der Waals surface area contributed by atoms with Gasteiger partial charge in [-0.15, -0.1) is 0 Å². The molecule has 0 amide bonds. The Morgan fingerprint density at radius 3 is 1.57 bits per heavy atom. The summed E-state index contributed by atoms with van der Waals surface area (Å²) in [5.74, 6) is 0. The summed E-state index contributed by atoms with van der Waals surface area (Å²) in [5, 5.41) is 4.80. The van der Waals surface area contributed by atoms with Gasteiger partial charge in [0, 0.05) is 65.8 Å². The third-order valence-electron chi connectivity index (χ3n) is 18.6. The molecule has 0 N–H and O–H groups in total. The van der Waals surface area contributed by atoms with Crippen molar-refractivity contribution >= 4 is 60.9 Å². The van der Waals surface area contributed by atoms with Crippen LogP contribution in [0.15, 0.2) is 197 Å². The van der Waals surface area contributed by atoms with E-state index in [1.807, 2.05) is 0 Å². The summed E-state index contributed by atoms with van der Waals surface area (Å²) < 4.78 is 13.5. The Balaban J connectivity index is 0.885. The van der Waals surface area contributed by atoms with Crippen molar-refractivity contribution in [3.8, 4) is 55.6 Å². The summed E-state index contributed by atoms with van der Waals surface area (Å²) in [4.78, 5) is 2.50. The lowest BCUT2D eigenvalue weighted by Crippen LogP contribution is -2.24. The topological polar surface area (TPSA) is 29.5 Å². The second kappa shape index (κ2) is 14.3. The van der Waals surface area contributed by atoms with Gasteiger partial charge in [0.25, 0.3) is 0 Å². The Morgan fingerprint density at radius 2 is 0.827 bits per heavy atom. The molecular weight excluding hydrogens is 911 g/mol. The van der Waals surface area contributed by atoms with Crippen LogP contribution in [0.5, 0.6) is 0 Å². The van der Waals surface area contributed by atoms with Crippen LogP contribution in [0.2, 0.25) is 0 Å². The Kier molecular flexibility index (Phi) is 8.18. The van der Waals surface area contributed by atoms with Crippen LogP contribution in [-0.4, -0.2) is 0 Å². The van der Waals surface area contributed by atoms with E-state index < -0.39 is 0 Å². The first-order valence-corrected chi connectivity index (χ1v) is 26.7. The molecule has 0 atom stereocenters. The zero-order valence-electron chi connectivity index (χ0n) is 43.7. The minimum absolute atomic E-state index is 0.181. The van der Waals surface area contributed by atoms with Crippen LogP contribution < -0.4 is 4.90 Å². The summed E-state index contributed by atoms with van der Waals surface area (Å²) in [6.07, 6.45) is 0. The second-order valence-corrected chi connectivity index (χ2v) is 24.0. The number of rotatable bonds is 4. The van der Waals surface area contributed by atoms with Gasteiger partial charge in [-0.2, -0.15) is 0 Å². The molecule has 16 rings (SSSR count). The standard InChI is InChI=1S/C72H55NO2/c1-69(2)53-34-35-60-62(48-21-13-16-24-58(48)74-60)61(53)51-39-56-50(38-57(51)69)45-32-30-43(36-54(45)70(56,3)4)73(42-28-26-41(27-29-42)40-18-10-9-11-19-40)44-31-33-47-55(37-44)72(7,8)66-63(47)64-49-22-14-17-25-59(49)75-68(64)65-46-20-12-15-23-52(46)71(5,6)67(65)66/h9-39H,1-8H3. The molecule has 0 fully saturated rings. The number of hydrogen-bond acceptors (Lipinski definition) is 3. The monoisotopic (exact) mass is 965 g/mol. The van der Waals surface area contributed by atoms with Gasteiger partial charge in [0.15, 0.2) is 0 Å². The molecule has 3 heteroatoms. The summed E-state index contributed by atoms with van der Waals surface area (Å²) in [5.41, 5.74) is 30.0. The fraction of sp³-hybridized carbons (Fsp3) is 0.167. The lowest BCUT2D eigenvalue weighted by atomic mass is 9.72. The van der Waals surface area contributed by atoms with Crippen LogP contribution in [0, 0.1) is 0 Å². The molecule has 2 aromatic heterocycles. The van der Waals surface area contributed by atoms with E-state index in [0.717, 1.165) is 39.4 Å². The van der Waals surface area contributed by atoms with Gasteiger partial charge in [-0.1, -0.05) is 177 Å². The number of furan rings is 2. The van der Waals surface area contributed by atoms with Crippen molar-refractivity contribution in [2.45, 2.75) is 77.0 Å². The number of nitrogens with zero attached hydrogens (tertiary/aromatic N) is 1. The van der Waals surface area contributed by atoms with Crippen LogP contribution in [0.1, 0.15) is 99.9 Å². The maximum Gasteiger partial charge on any atom is 0.144 e. The van der Waals surface area contributed by atoms with Gasteiger partial charge in [0.05, 0.1) is 0 Å². The highest BCUT2D eigenvalue weighted by molar-refractivity contribution is 6.21. The molecule has 0 saturated heterocycles. The van der Waals surface area contributed by atoms with Crippen molar-refractivity contribution in [2.24, 2.45) is 0 Å². The first-order chi connectivity index (χ1) is 36.2. The maximum absolute atomic E-state index is 7.02. The number of para-hydroxylation sites is 2. The fourth-order valence-corrected chi connectivity index (χ4v) is 14.9. The lowest BCUT2D eigenvalue weighted by Gasteiger charge is -2.32. The molecule has 3 nitrogen and oxygen atoms in total. The van der Waals surface area contributed by atoms with Gasteiger partial charge < -0.3 is 13.7 Å². The van der Waals surface area contributed by atoms with Gasteiger partial charge in [0.1, 0.15) is 22.3 Å². The molecule has 75 heavy (non-hydrogen) atoms. The highest BCUT2D eigenvalue weighted by Crippen LogP contribution is 2.64. The first kappa shape index (κ1) is 43.0. The van der Waals surface area contributed by atoms with Crippen LogP contribution in [0.25, 0.3) is 99.5 Å². The number of anilines is 3. The van der Waals surface area contributed by atoms with E-state index in [-0.39, 0.29) is 21.7 Å². The van der Waals surface area contributed by atoms with Gasteiger partial charge in [-0.3, -0.25) is 0 Å². The fourth-order valence-electron chi connectivity index (χ4n) is 14.9. The van der Waals surface area contributed by atoms with E-state index in [0.29, 0.717) is 0 Å². The molecule has 10 aromatic carbocycles. The van der Waals surface area contributed by atoms with Crippen LogP contribution >= 0.6 is 0 Å². The summed E-state index contributed by atoms with van der Waals surface area (Å²) in [6.45, 7) is 19.4. The molecule has 0 bridgehead atoms. The van der Waals surface area contributed by atoms with E-state index in [4.69, 9.17) is 8.83 Å². The minimum Gasteiger partial charge on any atom is -0.456 e. The maximum atomic E-state index is 7.02. The van der Waals surface area contributed by atoms with Crippen molar-refractivity contribution < 1.29 is 8.83 Å². The third-order valence-corrected chi connectivity index (χ3v) is 18.6. The summed E-state index contributed by atoms with van der Waals surface area (Å²) in [6, 6.07) is 70.2. The first-order valence-electron chi connectivity index (χ1n) is 26.7.